The average Bonchev–Trinajstić information content (AvgIpc) is 2.65. The van der Waals surface area contributed by atoms with E-state index in [0.29, 0.717) is 30.2 Å². The van der Waals surface area contributed by atoms with E-state index >= 15 is 0 Å². The number of ether oxygens (including phenoxy) is 2. The molecule has 0 radical (unpaired) electrons. The fourth-order valence-electron chi connectivity index (χ4n) is 2.19. The molecule has 1 atom stereocenters. The van der Waals surface area contributed by atoms with Gasteiger partial charge in [-0.3, -0.25) is 10.1 Å². The van der Waals surface area contributed by atoms with Gasteiger partial charge in [-0.1, -0.05) is 13.0 Å². The van der Waals surface area contributed by atoms with E-state index in [1.54, 1.807) is 24.3 Å². The Morgan fingerprint density at radius 1 is 1.31 bits per heavy atom. The Balaban J connectivity index is 1.92. The second-order valence-corrected chi connectivity index (χ2v) is 5.47. The molecule has 138 valence electrons. The number of pyridine rings is 1. The molecule has 0 amide bonds. The first-order valence-electron chi connectivity index (χ1n) is 8.30. The number of anilines is 1. The van der Waals surface area contributed by atoms with Crippen molar-refractivity contribution in [2.24, 2.45) is 0 Å². The highest BCUT2D eigenvalue weighted by Crippen LogP contribution is 2.16. The van der Waals surface area contributed by atoms with Crippen LogP contribution in [-0.4, -0.2) is 35.1 Å². The quantitative estimate of drug-likeness (QED) is 0.415. The van der Waals surface area contributed by atoms with Gasteiger partial charge in [-0.15, -0.1) is 0 Å². The second kappa shape index (κ2) is 9.36. The molecule has 0 aliphatic heterocycles. The van der Waals surface area contributed by atoms with Crippen LogP contribution in [0.1, 0.15) is 30.6 Å². The fraction of sp³-hybridized carbons (Fsp3) is 0.333. The molecule has 8 heteroatoms. The van der Waals surface area contributed by atoms with Crippen molar-refractivity contribution in [3.8, 4) is 5.75 Å². The molecule has 8 nitrogen and oxygen atoms in total. The van der Waals surface area contributed by atoms with Gasteiger partial charge < -0.3 is 14.8 Å². The number of aromatic nitrogens is 1. The minimum absolute atomic E-state index is 0.0794. The molecule has 0 aliphatic rings. The van der Waals surface area contributed by atoms with E-state index in [1.807, 2.05) is 13.8 Å². The molecule has 2 rings (SSSR count). The molecule has 0 aliphatic carbocycles. The maximum atomic E-state index is 12.2. The number of hydrogen-bond acceptors (Lipinski definition) is 7. The zero-order valence-corrected chi connectivity index (χ0v) is 14.7. The van der Waals surface area contributed by atoms with Crippen LogP contribution in [0.25, 0.3) is 0 Å². The Morgan fingerprint density at radius 2 is 2.12 bits per heavy atom. The summed E-state index contributed by atoms with van der Waals surface area (Å²) in [5.74, 6) is 0.655. The van der Waals surface area contributed by atoms with E-state index in [0.717, 1.165) is 0 Å². The molecule has 0 spiro atoms. The van der Waals surface area contributed by atoms with E-state index in [9.17, 15) is 14.9 Å². The molecule has 0 fully saturated rings. The van der Waals surface area contributed by atoms with Crippen molar-refractivity contribution in [3.63, 3.8) is 0 Å². The molecule has 1 N–H and O–H groups in total. The number of nitrogens with zero attached hydrogens (tertiary/aromatic N) is 2. The number of carbonyl (C=O) groups is 1. The average molecular weight is 359 g/mol. The Hall–Kier alpha value is -3.16. The van der Waals surface area contributed by atoms with Crippen LogP contribution in [0, 0.1) is 10.1 Å². The lowest BCUT2D eigenvalue weighted by atomic mass is 10.2. The van der Waals surface area contributed by atoms with Gasteiger partial charge in [-0.25, -0.2) is 9.78 Å². The number of carbonyl (C=O) groups excluding carboxylic acids is 1. The standard InChI is InChI=1S/C18H21N3O5/c1-3-14(20-17-9-8-15(11-19-17)21(23)24)12-26-18(22)13-6-5-7-16(10-13)25-4-2/h5-11,14H,3-4,12H2,1-2H3,(H,19,20). The number of hydrogen-bond donors (Lipinski definition) is 1. The van der Waals surface area contributed by atoms with Gasteiger partial charge in [0, 0.05) is 6.07 Å². The van der Waals surface area contributed by atoms with Gasteiger partial charge in [-0.05, 0) is 37.6 Å². The number of esters is 1. The molecule has 1 aromatic carbocycles. The van der Waals surface area contributed by atoms with Crippen LogP contribution in [0.2, 0.25) is 0 Å². The first-order valence-corrected chi connectivity index (χ1v) is 8.30. The van der Waals surface area contributed by atoms with Crippen LogP contribution in [0.5, 0.6) is 5.75 Å². The Kier molecular flexibility index (Phi) is 6.90. The predicted octanol–water partition coefficient (Wildman–Crippen LogP) is 3.44. The molecule has 0 saturated carbocycles. The largest absolute Gasteiger partial charge is 0.494 e. The van der Waals surface area contributed by atoms with Crippen molar-refractivity contribution in [1.29, 1.82) is 0 Å². The van der Waals surface area contributed by atoms with Crippen molar-refractivity contribution >= 4 is 17.5 Å². The van der Waals surface area contributed by atoms with Crippen LogP contribution < -0.4 is 10.1 Å². The van der Waals surface area contributed by atoms with Crippen molar-refractivity contribution in [2.75, 3.05) is 18.5 Å². The van der Waals surface area contributed by atoms with Gasteiger partial charge in [0.05, 0.1) is 23.1 Å². The van der Waals surface area contributed by atoms with Crippen molar-refractivity contribution in [2.45, 2.75) is 26.3 Å². The van der Waals surface area contributed by atoms with Gasteiger partial charge in [0.2, 0.25) is 0 Å². The normalized spacial score (nSPS) is 11.5. The highest BCUT2D eigenvalue weighted by Gasteiger charge is 2.14. The summed E-state index contributed by atoms with van der Waals surface area (Å²) in [6.45, 7) is 4.47. The van der Waals surface area contributed by atoms with E-state index in [4.69, 9.17) is 9.47 Å². The van der Waals surface area contributed by atoms with Gasteiger partial charge in [-0.2, -0.15) is 0 Å². The molecule has 0 saturated heterocycles. The van der Waals surface area contributed by atoms with Crippen molar-refractivity contribution in [3.05, 3.63) is 58.3 Å². The SMILES string of the molecule is CCOc1cccc(C(=O)OCC(CC)Nc2ccc([N+](=O)[O-])cn2)c1. The lowest BCUT2D eigenvalue weighted by Gasteiger charge is -2.17. The van der Waals surface area contributed by atoms with E-state index in [1.165, 1.54) is 18.3 Å². The fourth-order valence-corrected chi connectivity index (χ4v) is 2.19. The number of nitro groups is 1. The summed E-state index contributed by atoms with van der Waals surface area (Å²) in [7, 11) is 0. The number of nitrogens with one attached hydrogen (secondary N) is 1. The molecule has 2 aromatic rings. The second-order valence-electron chi connectivity index (χ2n) is 5.47. The molecular weight excluding hydrogens is 338 g/mol. The van der Waals surface area contributed by atoms with Gasteiger partial charge in [0.15, 0.2) is 0 Å². The summed E-state index contributed by atoms with van der Waals surface area (Å²) in [6, 6.07) is 9.54. The monoisotopic (exact) mass is 359 g/mol. The Labute approximate surface area is 151 Å². The minimum Gasteiger partial charge on any atom is -0.494 e. The Bertz CT molecular complexity index is 749. The predicted molar refractivity (Wildman–Crippen MR) is 96.5 cm³/mol. The zero-order valence-electron chi connectivity index (χ0n) is 14.7. The molecule has 1 heterocycles. The van der Waals surface area contributed by atoms with Crippen molar-refractivity contribution < 1.29 is 19.2 Å². The molecule has 1 aromatic heterocycles. The highest BCUT2D eigenvalue weighted by atomic mass is 16.6. The number of benzene rings is 1. The van der Waals surface area contributed by atoms with E-state index in [-0.39, 0.29) is 18.3 Å². The third-order valence-electron chi connectivity index (χ3n) is 3.60. The smallest absolute Gasteiger partial charge is 0.338 e. The first kappa shape index (κ1) is 19.2. The van der Waals surface area contributed by atoms with Crippen LogP contribution >= 0.6 is 0 Å². The minimum atomic E-state index is -0.508. The highest BCUT2D eigenvalue weighted by molar-refractivity contribution is 5.89. The number of rotatable bonds is 9. The maximum absolute atomic E-state index is 12.2. The maximum Gasteiger partial charge on any atom is 0.338 e. The van der Waals surface area contributed by atoms with Crippen LogP contribution in [-0.2, 0) is 4.74 Å². The topological polar surface area (TPSA) is 104 Å². The molecule has 26 heavy (non-hydrogen) atoms. The summed E-state index contributed by atoms with van der Waals surface area (Å²) in [5, 5.41) is 13.7. The lowest BCUT2D eigenvalue weighted by Crippen LogP contribution is -2.26. The van der Waals surface area contributed by atoms with Crippen molar-refractivity contribution in [1.82, 2.24) is 4.98 Å². The Morgan fingerprint density at radius 3 is 2.73 bits per heavy atom. The summed E-state index contributed by atoms with van der Waals surface area (Å²) < 4.78 is 10.7. The summed E-state index contributed by atoms with van der Waals surface area (Å²) in [5.41, 5.74) is 0.337. The lowest BCUT2D eigenvalue weighted by molar-refractivity contribution is -0.385. The van der Waals surface area contributed by atoms with Crippen LogP contribution in [0.15, 0.2) is 42.6 Å². The first-order chi connectivity index (χ1) is 12.5. The van der Waals surface area contributed by atoms with Gasteiger partial charge in [0.1, 0.15) is 24.4 Å². The van der Waals surface area contributed by atoms with E-state index < -0.39 is 10.9 Å². The molecular formula is C18H21N3O5. The molecule has 1 unspecified atom stereocenters. The third kappa shape index (κ3) is 5.44. The molecule has 0 bridgehead atoms. The summed E-state index contributed by atoms with van der Waals surface area (Å²) >= 11 is 0. The summed E-state index contributed by atoms with van der Waals surface area (Å²) in [4.78, 5) is 26.3. The third-order valence-corrected chi connectivity index (χ3v) is 3.60. The van der Waals surface area contributed by atoms with Crippen LogP contribution in [0.3, 0.4) is 0 Å². The summed E-state index contributed by atoms with van der Waals surface area (Å²) in [6.07, 6.45) is 1.87. The van der Waals surface area contributed by atoms with Gasteiger partial charge in [0.25, 0.3) is 5.69 Å². The zero-order chi connectivity index (χ0) is 18.9. The van der Waals surface area contributed by atoms with Crippen LogP contribution in [0.4, 0.5) is 11.5 Å². The van der Waals surface area contributed by atoms with E-state index in [2.05, 4.69) is 10.3 Å². The van der Waals surface area contributed by atoms with Gasteiger partial charge >= 0.3 is 5.97 Å².